The van der Waals surface area contributed by atoms with E-state index < -0.39 is 11.9 Å². The van der Waals surface area contributed by atoms with Crippen molar-refractivity contribution >= 4 is 17.2 Å². The SMILES string of the molecule is CN(Cc1nc(C(F)(F)F)cs1)C(=O)c1n[nH]c2c1CNCC2. The van der Waals surface area contributed by atoms with E-state index in [4.69, 9.17) is 0 Å². The monoisotopic (exact) mass is 345 g/mol. The highest BCUT2D eigenvalue weighted by Gasteiger charge is 2.34. The summed E-state index contributed by atoms with van der Waals surface area (Å²) in [5.74, 6) is -0.338. The average molecular weight is 345 g/mol. The Morgan fingerprint density at radius 1 is 1.48 bits per heavy atom. The number of thiazole rings is 1. The Morgan fingerprint density at radius 3 is 2.96 bits per heavy atom. The van der Waals surface area contributed by atoms with Crippen LogP contribution in [0.3, 0.4) is 0 Å². The molecule has 0 saturated heterocycles. The summed E-state index contributed by atoms with van der Waals surface area (Å²) in [5.41, 5.74) is 1.12. The van der Waals surface area contributed by atoms with Crippen LogP contribution in [0, 0.1) is 0 Å². The molecule has 0 fully saturated rings. The standard InChI is InChI=1S/C13H14F3N5OS/c1-21(5-10-18-9(6-23-10)13(14,15)16)12(22)11-7-4-17-3-2-8(7)19-20-11/h6,17H,2-5H2,1H3,(H,19,20). The van der Waals surface area contributed by atoms with E-state index in [2.05, 4.69) is 20.5 Å². The Morgan fingerprint density at radius 2 is 2.26 bits per heavy atom. The molecule has 1 aliphatic heterocycles. The first kappa shape index (κ1) is 15.9. The molecule has 124 valence electrons. The second kappa shape index (κ2) is 5.93. The first-order valence-corrected chi connectivity index (χ1v) is 7.78. The molecule has 0 bridgehead atoms. The van der Waals surface area contributed by atoms with E-state index in [1.165, 1.54) is 11.9 Å². The number of aromatic nitrogens is 3. The van der Waals surface area contributed by atoms with Gasteiger partial charge in [-0.05, 0) is 0 Å². The van der Waals surface area contributed by atoms with Crippen molar-refractivity contribution in [2.24, 2.45) is 0 Å². The van der Waals surface area contributed by atoms with Crippen molar-refractivity contribution < 1.29 is 18.0 Å². The fourth-order valence-corrected chi connectivity index (χ4v) is 3.22. The lowest BCUT2D eigenvalue weighted by Gasteiger charge is -2.17. The number of carbonyl (C=O) groups is 1. The third-order valence-corrected chi connectivity index (χ3v) is 4.40. The highest BCUT2D eigenvalue weighted by Crippen LogP contribution is 2.30. The van der Waals surface area contributed by atoms with Crippen LogP contribution < -0.4 is 5.32 Å². The molecule has 23 heavy (non-hydrogen) atoms. The Balaban J connectivity index is 1.73. The van der Waals surface area contributed by atoms with Crippen LogP contribution >= 0.6 is 11.3 Å². The van der Waals surface area contributed by atoms with Gasteiger partial charge in [0.2, 0.25) is 0 Å². The van der Waals surface area contributed by atoms with Gasteiger partial charge in [0.1, 0.15) is 5.01 Å². The number of hydrogen-bond acceptors (Lipinski definition) is 5. The third kappa shape index (κ3) is 3.22. The zero-order valence-electron chi connectivity index (χ0n) is 12.2. The second-order valence-corrected chi connectivity index (χ2v) is 6.18. The maximum Gasteiger partial charge on any atom is 0.434 e. The van der Waals surface area contributed by atoms with Crippen LogP contribution in [0.15, 0.2) is 5.38 Å². The average Bonchev–Trinajstić information content (AvgIpc) is 3.12. The summed E-state index contributed by atoms with van der Waals surface area (Å²) >= 11 is 0.883. The smallest absolute Gasteiger partial charge is 0.334 e. The zero-order valence-corrected chi connectivity index (χ0v) is 13.0. The van der Waals surface area contributed by atoms with Gasteiger partial charge in [0.05, 0.1) is 6.54 Å². The quantitative estimate of drug-likeness (QED) is 0.890. The van der Waals surface area contributed by atoms with Crippen LogP contribution in [0.2, 0.25) is 0 Å². The van der Waals surface area contributed by atoms with E-state index in [1.54, 1.807) is 0 Å². The molecule has 10 heteroatoms. The minimum atomic E-state index is -4.47. The topological polar surface area (TPSA) is 73.9 Å². The molecular weight excluding hydrogens is 331 g/mol. The summed E-state index contributed by atoms with van der Waals surface area (Å²) in [6.45, 7) is 1.38. The number of hydrogen-bond donors (Lipinski definition) is 2. The molecule has 0 spiro atoms. The van der Waals surface area contributed by atoms with Crippen LogP contribution in [0.4, 0.5) is 13.2 Å². The highest BCUT2D eigenvalue weighted by molar-refractivity contribution is 7.09. The predicted octanol–water partition coefficient (Wildman–Crippen LogP) is 1.80. The zero-order chi connectivity index (χ0) is 16.6. The molecule has 3 rings (SSSR count). The maximum atomic E-state index is 12.6. The molecule has 2 N–H and O–H groups in total. The van der Waals surface area contributed by atoms with E-state index in [0.717, 1.165) is 40.9 Å². The van der Waals surface area contributed by atoms with Crippen LogP contribution in [0.1, 0.15) is 32.4 Å². The molecule has 1 aliphatic rings. The Labute approximate surface area is 133 Å². The van der Waals surface area contributed by atoms with Gasteiger partial charge in [0.15, 0.2) is 11.4 Å². The van der Waals surface area contributed by atoms with Crippen molar-refractivity contribution in [1.29, 1.82) is 0 Å². The molecule has 0 atom stereocenters. The fourth-order valence-electron chi connectivity index (χ4n) is 2.37. The predicted molar refractivity (Wildman–Crippen MR) is 76.9 cm³/mol. The number of halogens is 3. The normalized spacial score (nSPS) is 14.6. The lowest BCUT2D eigenvalue weighted by Crippen LogP contribution is -2.30. The van der Waals surface area contributed by atoms with Crippen molar-refractivity contribution in [2.75, 3.05) is 13.6 Å². The Hall–Kier alpha value is -1.94. The van der Waals surface area contributed by atoms with Crippen LogP contribution in [0.5, 0.6) is 0 Å². The fraction of sp³-hybridized carbons (Fsp3) is 0.462. The molecule has 0 aromatic carbocycles. The third-order valence-electron chi connectivity index (χ3n) is 3.57. The first-order valence-electron chi connectivity index (χ1n) is 6.90. The van der Waals surface area contributed by atoms with Crippen molar-refractivity contribution in [3.8, 4) is 0 Å². The van der Waals surface area contributed by atoms with Crippen LogP contribution in [-0.4, -0.2) is 39.6 Å². The summed E-state index contributed by atoms with van der Waals surface area (Å²) in [7, 11) is 1.52. The molecule has 0 aliphatic carbocycles. The molecular formula is C13H14F3N5OS. The number of nitrogens with one attached hydrogen (secondary N) is 2. The summed E-state index contributed by atoms with van der Waals surface area (Å²) < 4.78 is 37.7. The number of H-pyrrole nitrogens is 1. The van der Waals surface area contributed by atoms with Crippen molar-refractivity contribution in [3.05, 3.63) is 33.0 Å². The Kier molecular flexibility index (Phi) is 4.11. The molecule has 0 radical (unpaired) electrons. The van der Waals surface area contributed by atoms with Crippen molar-refractivity contribution in [1.82, 2.24) is 25.4 Å². The molecule has 0 saturated carbocycles. The minimum absolute atomic E-state index is 0.00857. The summed E-state index contributed by atoms with van der Waals surface area (Å²) in [5, 5.41) is 11.3. The van der Waals surface area contributed by atoms with Gasteiger partial charge < -0.3 is 10.2 Å². The molecule has 2 aromatic heterocycles. The molecule has 3 heterocycles. The highest BCUT2D eigenvalue weighted by atomic mass is 32.1. The summed E-state index contributed by atoms with van der Waals surface area (Å²) in [6, 6.07) is 0. The molecule has 2 aromatic rings. The van der Waals surface area contributed by atoms with Gasteiger partial charge in [0.25, 0.3) is 5.91 Å². The van der Waals surface area contributed by atoms with Gasteiger partial charge in [-0.3, -0.25) is 9.89 Å². The number of aromatic amines is 1. The second-order valence-electron chi connectivity index (χ2n) is 5.24. The van der Waals surface area contributed by atoms with Crippen LogP contribution in [-0.2, 0) is 25.7 Å². The van der Waals surface area contributed by atoms with Gasteiger partial charge in [-0.15, -0.1) is 11.3 Å². The first-order chi connectivity index (χ1) is 10.9. The number of amides is 1. The Bertz CT molecular complexity index is 724. The number of carbonyl (C=O) groups excluding carboxylic acids is 1. The summed E-state index contributed by atoms with van der Waals surface area (Å²) in [4.78, 5) is 17.3. The largest absolute Gasteiger partial charge is 0.434 e. The van der Waals surface area contributed by atoms with Crippen molar-refractivity contribution in [2.45, 2.75) is 25.7 Å². The number of alkyl halides is 3. The number of rotatable bonds is 3. The van der Waals surface area contributed by atoms with Gasteiger partial charge in [0, 0.05) is 43.2 Å². The van der Waals surface area contributed by atoms with Gasteiger partial charge in [-0.2, -0.15) is 18.3 Å². The van der Waals surface area contributed by atoms with E-state index in [1.807, 2.05) is 0 Å². The number of fused-ring (bicyclic) bond motifs is 1. The van der Waals surface area contributed by atoms with E-state index in [-0.39, 0.29) is 17.5 Å². The molecule has 1 amide bonds. The van der Waals surface area contributed by atoms with E-state index >= 15 is 0 Å². The molecule has 6 nitrogen and oxygen atoms in total. The van der Waals surface area contributed by atoms with Crippen LogP contribution in [0.25, 0.3) is 0 Å². The molecule has 0 unspecified atom stereocenters. The van der Waals surface area contributed by atoms with Crippen molar-refractivity contribution in [3.63, 3.8) is 0 Å². The maximum absolute atomic E-state index is 12.6. The number of nitrogens with zero attached hydrogens (tertiary/aromatic N) is 3. The van der Waals surface area contributed by atoms with E-state index in [9.17, 15) is 18.0 Å². The van der Waals surface area contributed by atoms with E-state index in [0.29, 0.717) is 12.2 Å². The lowest BCUT2D eigenvalue weighted by atomic mass is 10.1. The minimum Gasteiger partial charge on any atom is -0.334 e. The van der Waals surface area contributed by atoms with Gasteiger partial charge in [-0.25, -0.2) is 4.98 Å². The van der Waals surface area contributed by atoms with Gasteiger partial charge in [-0.1, -0.05) is 0 Å². The lowest BCUT2D eigenvalue weighted by molar-refractivity contribution is -0.140. The van der Waals surface area contributed by atoms with Gasteiger partial charge >= 0.3 is 6.18 Å². The summed E-state index contributed by atoms with van der Waals surface area (Å²) in [6.07, 6.45) is -3.70.